The van der Waals surface area contributed by atoms with Gasteiger partial charge in [-0.1, -0.05) is 38.0 Å². The molecule has 27 heavy (non-hydrogen) atoms. The number of anilines is 1. The molecule has 0 bridgehead atoms. The molecule has 150 valence electrons. The first-order chi connectivity index (χ1) is 13.1. The zero-order valence-electron chi connectivity index (χ0n) is 17.1. The van der Waals surface area contributed by atoms with Crippen LogP contribution in [0, 0.1) is 5.92 Å². The Bertz CT molecular complexity index is 571. The largest absolute Gasteiger partial charge is 0.369 e. The van der Waals surface area contributed by atoms with E-state index in [1.807, 2.05) is 11.9 Å². The molecule has 3 rings (SSSR count). The molecule has 2 amide bonds. The molecule has 5 heteroatoms. The van der Waals surface area contributed by atoms with E-state index in [1.165, 1.54) is 18.5 Å². The summed E-state index contributed by atoms with van der Waals surface area (Å²) in [5.74, 6) is 0.744. The predicted octanol–water partition coefficient (Wildman–Crippen LogP) is 3.42. The number of amides is 2. The number of nitrogens with one attached hydrogen (secondary N) is 1. The van der Waals surface area contributed by atoms with Gasteiger partial charge in [0.05, 0.1) is 0 Å². The minimum absolute atomic E-state index is 0.1000. The second-order valence-corrected chi connectivity index (χ2v) is 8.29. The Hall–Kier alpha value is -1.75. The lowest BCUT2D eigenvalue weighted by Crippen LogP contribution is -2.48. The van der Waals surface area contributed by atoms with Gasteiger partial charge in [0.1, 0.15) is 0 Å². The average Bonchev–Trinajstić information content (AvgIpc) is 2.71. The van der Waals surface area contributed by atoms with Crippen molar-refractivity contribution in [3.05, 3.63) is 30.3 Å². The van der Waals surface area contributed by atoms with Crippen molar-refractivity contribution < 1.29 is 4.79 Å². The second kappa shape index (κ2) is 9.98. The van der Waals surface area contributed by atoms with Crippen LogP contribution >= 0.6 is 0 Å². The number of urea groups is 1. The molecule has 1 aliphatic heterocycles. The van der Waals surface area contributed by atoms with Crippen LogP contribution in [0.25, 0.3) is 0 Å². The summed E-state index contributed by atoms with van der Waals surface area (Å²) in [6, 6.07) is 11.2. The zero-order valence-corrected chi connectivity index (χ0v) is 17.1. The predicted molar refractivity (Wildman–Crippen MR) is 112 cm³/mol. The molecule has 1 saturated heterocycles. The van der Waals surface area contributed by atoms with E-state index >= 15 is 0 Å². The van der Waals surface area contributed by atoms with E-state index in [0.29, 0.717) is 6.04 Å². The number of benzene rings is 1. The number of nitrogens with zero attached hydrogens (tertiary/aromatic N) is 3. The minimum atomic E-state index is 0.1000. The summed E-state index contributed by atoms with van der Waals surface area (Å²) in [5, 5.41) is 3.12. The number of carbonyl (C=O) groups excluding carboxylic acids is 1. The summed E-state index contributed by atoms with van der Waals surface area (Å²) < 4.78 is 0. The Morgan fingerprint density at radius 3 is 2.59 bits per heavy atom. The number of hydrogen-bond donors (Lipinski definition) is 1. The third-order valence-corrected chi connectivity index (χ3v) is 6.20. The van der Waals surface area contributed by atoms with Crippen LogP contribution in [0.15, 0.2) is 30.3 Å². The molecule has 0 aromatic heterocycles. The van der Waals surface area contributed by atoms with E-state index in [-0.39, 0.29) is 6.03 Å². The Morgan fingerprint density at radius 2 is 1.89 bits per heavy atom. The monoisotopic (exact) mass is 372 g/mol. The molecule has 5 nitrogen and oxygen atoms in total. The van der Waals surface area contributed by atoms with Gasteiger partial charge in [-0.2, -0.15) is 0 Å². The summed E-state index contributed by atoms with van der Waals surface area (Å²) in [5.41, 5.74) is 1.32. The molecule has 0 spiro atoms. The van der Waals surface area contributed by atoms with Crippen LogP contribution in [0.4, 0.5) is 10.5 Å². The second-order valence-electron chi connectivity index (χ2n) is 8.29. The fourth-order valence-electron chi connectivity index (χ4n) is 4.41. The lowest BCUT2D eigenvalue weighted by Gasteiger charge is -2.36. The molecular formula is C22H36N4O. The Kier molecular flexibility index (Phi) is 7.39. The van der Waals surface area contributed by atoms with Gasteiger partial charge >= 0.3 is 6.03 Å². The van der Waals surface area contributed by atoms with E-state index in [9.17, 15) is 4.79 Å². The van der Waals surface area contributed by atoms with E-state index in [2.05, 4.69) is 52.4 Å². The maximum absolute atomic E-state index is 12.4. The van der Waals surface area contributed by atoms with Crippen molar-refractivity contribution in [3.63, 3.8) is 0 Å². The molecule has 2 unspecified atom stereocenters. The van der Waals surface area contributed by atoms with Crippen molar-refractivity contribution in [2.45, 2.75) is 45.1 Å². The van der Waals surface area contributed by atoms with Crippen molar-refractivity contribution in [1.29, 1.82) is 0 Å². The van der Waals surface area contributed by atoms with Crippen LogP contribution < -0.4 is 10.2 Å². The van der Waals surface area contributed by atoms with Crippen molar-refractivity contribution >= 4 is 11.7 Å². The maximum atomic E-state index is 12.4. The normalized spacial score (nSPS) is 23.9. The fourth-order valence-corrected chi connectivity index (χ4v) is 4.41. The van der Waals surface area contributed by atoms with Crippen LogP contribution in [-0.2, 0) is 0 Å². The quantitative estimate of drug-likeness (QED) is 0.778. The van der Waals surface area contributed by atoms with Gasteiger partial charge in [-0.15, -0.1) is 0 Å². The Balaban J connectivity index is 1.30. The van der Waals surface area contributed by atoms with Crippen LogP contribution in [0.3, 0.4) is 0 Å². The SMILES string of the molecule is CC1CCCC(N(C)C(=O)NCCCN2CCN(c3ccccc3)CC2)C1. The summed E-state index contributed by atoms with van der Waals surface area (Å²) >= 11 is 0. The molecule has 1 saturated carbocycles. The topological polar surface area (TPSA) is 38.8 Å². The molecule has 1 N–H and O–H groups in total. The molecule has 2 atom stereocenters. The van der Waals surface area contributed by atoms with Gasteiger partial charge in [-0.05, 0) is 43.9 Å². The standard InChI is InChI=1S/C22H36N4O/c1-19-8-6-11-21(18-19)24(2)22(27)23-12-7-13-25-14-16-26(17-15-25)20-9-4-3-5-10-20/h3-5,9-10,19,21H,6-8,11-18H2,1-2H3,(H,23,27). The van der Waals surface area contributed by atoms with Gasteiger partial charge in [0.15, 0.2) is 0 Å². The van der Waals surface area contributed by atoms with Gasteiger partial charge in [0.25, 0.3) is 0 Å². The zero-order chi connectivity index (χ0) is 19.1. The molecule has 1 aliphatic carbocycles. The van der Waals surface area contributed by atoms with Crippen LogP contribution in [0.2, 0.25) is 0 Å². The van der Waals surface area contributed by atoms with Gasteiger partial charge in [0, 0.05) is 51.5 Å². The van der Waals surface area contributed by atoms with Gasteiger partial charge in [0.2, 0.25) is 0 Å². The van der Waals surface area contributed by atoms with Crippen molar-refractivity contribution in [2.75, 3.05) is 51.2 Å². The number of carbonyl (C=O) groups is 1. The van der Waals surface area contributed by atoms with Crippen molar-refractivity contribution in [1.82, 2.24) is 15.1 Å². The summed E-state index contributed by atoms with van der Waals surface area (Å²) in [6.07, 6.45) is 5.88. The number of piperazine rings is 1. The highest BCUT2D eigenvalue weighted by atomic mass is 16.2. The summed E-state index contributed by atoms with van der Waals surface area (Å²) in [6.45, 7) is 8.50. The molecule has 1 aromatic carbocycles. The molecule has 2 aliphatic rings. The van der Waals surface area contributed by atoms with E-state index < -0.39 is 0 Å². The molecule has 0 radical (unpaired) electrons. The highest BCUT2D eigenvalue weighted by molar-refractivity contribution is 5.74. The Labute approximate surface area is 164 Å². The first kappa shape index (κ1) is 20.0. The lowest BCUT2D eigenvalue weighted by molar-refractivity contribution is 0.160. The van der Waals surface area contributed by atoms with E-state index in [4.69, 9.17) is 0 Å². The van der Waals surface area contributed by atoms with Crippen LogP contribution in [0.5, 0.6) is 0 Å². The smallest absolute Gasteiger partial charge is 0.317 e. The van der Waals surface area contributed by atoms with Gasteiger partial charge < -0.3 is 15.1 Å². The molecule has 1 heterocycles. The summed E-state index contributed by atoms with van der Waals surface area (Å²) in [4.78, 5) is 19.3. The third kappa shape index (κ3) is 5.86. The molecule has 2 fully saturated rings. The maximum Gasteiger partial charge on any atom is 0.317 e. The van der Waals surface area contributed by atoms with Crippen LogP contribution in [-0.4, -0.2) is 68.2 Å². The van der Waals surface area contributed by atoms with Gasteiger partial charge in [-0.3, -0.25) is 4.90 Å². The Morgan fingerprint density at radius 1 is 1.15 bits per heavy atom. The first-order valence-electron chi connectivity index (χ1n) is 10.7. The highest BCUT2D eigenvalue weighted by Crippen LogP contribution is 2.26. The molecular weight excluding hydrogens is 336 g/mol. The molecule has 1 aromatic rings. The fraction of sp³-hybridized carbons (Fsp3) is 0.682. The number of hydrogen-bond acceptors (Lipinski definition) is 3. The third-order valence-electron chi connectivity index (χ3n) is 6.20. The number of rotatable bonds is 6. The van der Waals surface area contributed by atoms with E-state index in [0.717, 1.165) is 64.4 Å². The van der Waals surface area contributed by atoms with Gasteiger partial charge in [-0.25, -0.2) is 4.79 Å². The summed E-state index contributed by atoms with van der Waals surface area (Å²) in [7, 11) is 1.96. The van der Waals surface area contributed by atoms with Crippen molar-refractivity contribution in [2.24, 2.45) is 5.92 Å². The van der Waals surface area contributed by atoms with Crippen LogP contribution in [0.1, 0.15) is 39.0 Å². The first-order valence-corrected chi connectivity index (χ1v) is 10.7. The van der Waals surface area contributed by atoms with E-state index in [1.54, 1.807) is 0 Å². The average molecular weight is 373 g/mol. The van der Waals surface area contributed by atoms with Crippen molar-refractivity contribution in [3.8, 4) is 0 Å². The highest BCUT2D eigenvalue weighted by Gasteiger charge is 2.25. The number of para-hydroxylation sites is 1. The minimum Gasteiger partial charge on any atom is -0.369 e. The lowest BCUT2D eigenvalue weighted by atomic mass is 9.86.